The second-order valence-electron chi connectivity index (χ2n) is 5.84. The van der Waals surface area contributed by atoms with Crippen molar-refractivity contribution in [3.63, 3.8) is 0 Å². The lowest BCUT2D eigenvalue weighted by Gasteiger charge is -2.39. The molecule has 3 rings (SSSR count). The van der Waals surface area contributed by atoms with E-state index in [-0.39, 0.29) is 12.2 Å². The SMILES string of the molecule is CC1(O)CC(c2ccccc2)OC(c2ccccc2)C1. The molecule has 2 heteroatoms. The van der Waals surface area contributed by atoms with E-state index < -0.39 is 5.60 Å². The number of hydrogen-bond donors (Lipinski definition) is 1. The maximum atomic E-state index is 10.6. The van der Waals surface area contributed by atoms with Gasteiger partial charge in [0.15, 0.2) is 0 Å². The molecule has 0 bridgehead atoms. The Hall–Kier alpha value is -1.64. The van der Waals surface area contributed by atoms with Crippen molar-refractivity contribution in [2.75, 3.05) is 0 Å². The van der Waals surface area contributed by atoms with Gasteiger partial charge in [-0.3, -0.25) is 0 Å². The smallest absolute Gasteiger partial charge is 0.0860 e. The molecule has 20 heavy (non-hydrogen) atoms. The lowest BCUT2D eigenvalue weighted by Crippen LogP contribution is -2.36. The summed E-state index contributed by atoms with van der Waals surface area (Å²) < 4.78 is 6.23. The third-order valence-electron chi connectivity index (χ3n) is 3.92. The summed E-state index contributed by atoms with van der Waals surface area (Å²) >= 11 is 0. The van der Waals surface area contributed by atoms with Crippen LogP contribution in [0.3, 0.4) is 0 Å². The molecule has 0 amide bonds. The van der Waals surface area contributed by atoms with E-state index in [0.29, 0.717) is 12.8 Å². The molecule has 2 aromatic carbocycles. The third kappa shape index (κ3) is 2.92. The first-order valence-corrected chi connectivity index (χ1v) is 7.12. The molecule has 1 N–H and O–H groups in total. The van der Waals surface area contributed by atoms with E-state index in [9.17, 15) is 5.11 Å². The molecule has 1 aliphatic rings. The van der Waals surface area contributed by atoms with Gasteiger partial charge in [-0.05, 0) is 18.1 Å². The van der Waals surface area contributed by atoms with Crippen molar-refractivity contribution < 1.29 is 9.84 Å². The number of ether oxygens (including phenoxy) is 1. The Bertz CT molecular complexity index is 499. The minimum Gasteiger partial charge on any atom is -0.390 e. The number of rotatable bonds is 2. The summed E-state index contributed by atoms with van der Waals surface area (Å²) in [5.41, 5.74) is 1.57. The van der Waals surface area contributed by atoms with Crippen LogP contribution in [0.2, 0.25) is 0 Å². The van der Waals surface area contributed by atoms with E-state index in [1.165, 1.54) is 0 Å². The van der Waals surface area contributed by atoms with Crippen LogP contribution >= 0.6 is 0 Å². The molecule has 0 aliphatic carbocycles. The van der Waals surface area contributed by atoms with Crippen LogP contribution < -0.4 is 0 Å². The predicted molar refractivity (Wildman–Crippen MR) is 79.3 cm³/mol. The molecule has 1 heterocycles. The fourth-order valence-corrected chi connectivity index (χ4v) is 2.90. The first-order valence-electron chi connectivity index (χ1n) is 7.12. The van der Waals surface area contributed by atoms with E-state index >= 15 is 0 Å². The average Bonchev–Trinajstić information content (AvgIpc) is 2.47. The second kappa shape index (κ2) is 5.39. The molecule has 2 unspecified atom stereocenters. The third-order valence-corrected chi connectivity index (χ3v) is 3.92. The van der Waals surface area contributed by atoms with Gasteiger partial charge in [0.25, 0.3) is 0 Å². The Kier molecular flexibility index (Phi) is 3.60. The van der Waals surface area contributed by atoms with Crippen LogP contribution in [-0.4, -0.2) is 10.7 Å². The molecule has 0 aromatic heterocycles. The van der Waals surface area contributed by atoms with Gasteiger partial charge in [0.1, 0.15) is 0 Å². The van der Waals surface area contributed by atoms with Gasteiger partial charge in [-0.25, -0.2) is 0 Å². The van der Waals surface area contributed by atoms with E-state index in [4.69, 9.17) is 4.74 Å². The molecule has 2 nitrogen and oxygen atoms in total. The standard InChI is InChI=1S/C18H20O2/c1-18(19)12-16(14-8-4-2-5-9-14)20-17(13-18)15-10-6-3-7-11-15/h2-11,16-17,19H,12-13H2,1H3. The van der Waals surface area contributed by atoms with Crippen LogP contribution in [0.25, 0.3) is 0 Å². The fourth-order valence-electron chi connectivity index (χ4n) is 2.90. The Labute approximate surface area is 120 Å². The summed E-state index contributed by atoms with van der Waals surface area (Å²) in [5, 5.41) is 10.6. The molecule has 2 atom stereocenters. The molecule has 1 fully saturated rings. The zero-order valence-electron chi connectivity index (χ0n) is 11.7. The predicted octanol–water partition coefficient (Wildman–Crippen LogP) is 4.03. The van der Waals surface area contributed by atoms with Gasteiger partial charge in [-0.2, -0.15) is 0 Å². The van der Waals surface area contributed by atoms with Crippen molar-refractivity contribution in [1.82, 2.24) is 0 Å². The minimum atomic E-state index is -0.695. The molecule has 1 aliphatic heterocycles. The van der Waals surface area contributed by atoms with Crippen LogP contribution in [0.1, 0.15) is 43.1 Å². The van der Waals surface area contributed by atoms with Crippen LogP contribution in [0.4, 0.5) is 0 Å². The van der Waals surface area contributed by atoms with Gasteiger partial charge in [-0.1, -0.05) is 60.7 Å². The van der Waals surface area contributed by atoms with E-state index in [2.05, 4.69) is 24.3 Å². The molecule has 0 spiro atoms. The summed E-state index contributed by atoms with van der Waals surface area (Å²) in [6, 6.07) is 20.3. The molecule has 0 saturated carbocycles. The average molecular weight is 268 g/mol. The normalized spacial score (nSPS) is 30.1. The topological polar surface area (TPSA) is 29.5 Å². The Balaban J connectivity index is 1.87. The maximum Gasteiger partial charge on any atom is 0.0860 e. The van der Waals surface area contributed by atoms with Gasteiger partial charge >= 0.3 is 0 Å². The van der Waals surface area contributed by atoms with Crippen molar-refractivity contribution in [2.24, 2.45) is 0 Å². The van der Waals surface area contributed by atoms with Gasteiger partial charge in [0, 0.05) is 12.8 Å². The van der Waals surface area contributed by atoms with Crippen molar-refractivity contribution in [1.29, 1.82) is 0 Å². The van der Waals surface area contributed by atoms with Crippen molar-refractivity contribution >= 4 is 0 Å². The van der Waals surface area contributed by atoms with Crippen molar-refractivity contribution in [3.05, 3.63) is 71.8 Å². The Morgan fingerprint density at radius 3 is 1.65 bits per heavy atom. The first-order chi connectivity index (χ1) is 9.64. The van der Waals surface area contributed by atoms with Gasteiger partial charge in [0.2, 0.25) is 0 Å². The van der Waals surface area contributed by atoms with Crippen molar-refractivity contribution in [3.8, 4) is 0 Å². The number of aliphatic hydroxyl groups is 1. The van der Waals surface area contributed by atoms with Crippen LogP contribution in [0, 0.1) is 0 Å². The second-order valence-corrected chi connectivity index (χ2v) is 5.84. The van der Waals surface area contributed by atoms with Crippen LogP contribution in [-0.2, 0) is 4.74 Å². The number of benzene rings is 2. The monoisotopic (exact) mass is 268 g/mol. The zero-order valence-corrected chi connectivity index (χ0v) is 11.7. The van der Waals surface area contributed by atoms with Crippen molar-refractivity contribution in [2.45, 2.75) is 37.6 Å². The molecular formula is C18H20O2. The lowest BCUT2D eigenvalue weighted by atomic mass is 9.84. The molecule has 0 radical (unpaired) electrons. The fraction of sp³-hybridized carbons (Fsp3) is 0.333. The zero-order chi connectivity index (χ0) is 14.0. The quantitative estimate of drug-likeness (QED) is 0.891. The molecule has 1 saturated heterocycles. The Morgan fingerprint density at radius 1 is 0.850 bits per heavy atom. The van der Waals surface area contributed by atoms with E-state index in [1.54, 1.807) is 0 Å². The Morgan fingerprint density at radius 2 is 1.25 bits per heavy atom. The number of hydrogen-bond acceptors (Lipinski definition) is 2. The van der Waals surface area contributed by atoms with Crippen LogP contribution in [0.5, 0.6) is 0 Å². The van der Waals surface area contributed by atoms with E-state index in [1.807, 2.05) is 43.3 Å². The molecule has 104 valence electrons. The van der Waals surface area contributed by atoms with E-state index in [0.717, 1.165) is 11.1 Å². The van der Waals surface area contributed by atoms with Gasteiger partial charge in [-0.15, -0.1) is 0 Å². The van der Waals surface area contributed by atoms with Crippen LogP contribution in [0.15, 0.2) is 60.7 Å². The first kappa shape index (κ1) is 13.3. The minimum absolute atomic E-state index is 0.0508. The summed E-state index contributed by atoms with van der Waals surface area (Å²) in [7, 11) is 0. The summed E-state index contributed by atoms with van der Waals surface area (Å²) in [6.45, 7) is 1.90. The molecular weight excluding hydrogens is 248 g/mol. The lowest BCUT2D eigenvalue weighted by molar-refractivity contribution is -0.140. The van der Waals surface area contributed by atoms with Gasteiger partial charge < -0.3 is 9.84 Å². The highest BCUT2D eigenvalue weighted by molar-refractivity contribution is 5.22. The largest absolute Gasteiger partial charge is 0.390 e. The maximum absolute atomic E-state index is 10.6. The molecule has 2 aromatic rings. The van der Waals surface area contributed by atoms with Gasteiger partial charge in [0.05, 0.1) is 17.8 Å². The summed E-state index contributed by atoms with van der Waals surface area (Å²) in [4.78, 5) is 0. The highest BCUT2D eigenvalue weighted by atomic mass is 16.5. The summed E-state index contributed by atoms with van der Waals surface area (Å²) in [5.74, 6) is 0. The highest BCUT2D eigenvalue weighted by Crippen LogP contribution is 2.43. The summed E-state index contributed by atoms with van der Waals surface area (Å²) in [6.07, 6.45) is 1.18. The highest BCUT2D eigenvalue weighted by Gasteiger charge is 2.37.